The number of hydrogen-bond donors (Lipinski definition) is 1. The van der Waals surface area contributed by atoms with Gasteiger partial charge in [-0.1, -0.05) is 33.6 Å². The first kappa shape index (κ1) is 15.8. The van der Waals surface area contributed by atoms with E-state index in [4.69, 9.17) is 16.3 Å². The van der Waals surface area contributed by atoms with Crippen LogP contribution in [-0.2, 0) is 11.3 Å². The van der Waals surface area contributed by atoms with Gasteiger partial charge < -0.3 is 10.1 Å². The van der Waals surface area contributed by atoms with Crippen LogP contribution in [0.15, 0.2) is 41.1 Å². The van der Waals surface area contributed by atoms with E-state index in [1.54, 1.807) is 18.5 Å². The van der Waals surface area contributed by atoms with Gasteiger partial charge in [-0.3, -0.25) is 9.78 Å². The maximum absolute atomic E-state index is 11.8. The molecule has 6 heteroatoms. The number of nitrogens with zero attached hydrogens (tertiary/aromatic N) is 1. The standard InChI is InChI=1S/C15H14BrClN2O2/c1-10-5-12(16)6-13(17)15(10)21-9-14(20)19-8-11-3-2-4-18-7-11/h2-7H,8-9H2,1H3,(H,19,20). The van der Waals surface area contributed by atoms with E-state index in [1.807, 2.05) is 25.1 Å². The van der Waals surface area contributed by atoms with E-state index in [1.165, 1.54) is 0 Å². The minimum Gasteiger partial charge on any atom is -0.482 e. The number of amides is 1. The van der Waals surface area contributed by atoms with Gasteiger partial charge in [-0.2, -0.15) is 0 Å². The van der Waals surface area contributed by atoms with E-state index in [0.717, 1.165) is 15.6 Å². The number of hydrogen-bond acceptors (Lipinski definition) is 3. The van der Waals surface area contributed by atoms with Crippen molar-refractivity contribution in [3.8, 4) is 5.75 Å². The molecule has 1 amide bonds. The molecule has 4 nitrogen and oxygen atoms in total. The van der Waals surface area contributed by atoms with Crippen molar-refractivity contribution in [1.29, 1.82) is 0 Å². The van der Waals surface area contributed by atoms with Crippen molar-refractivity contribution in [2.75, 3.05) is 6.61 Å². The molecule has 0 unspecified atom stereocenters. The van der Waals surface area contributed by atoms with Gasteiger partial charge in [0.1, 0.15) is 5.75 Å². The van der Waals surface area contributed by atoms with Crippen LogP contribution in [0.3, 0.4) is 0 Å². The zero-order chi connectivity index (χ0) is 15.2. The van der Waals surface area contributed by atoms with Gasteiger partial charge in [-0.05, 0) is 36.2 Å². The number of carbonyl (C=O) groups excluding carboxylic acids is 1. The van der Waals surface area contributed by atoms with Gasteiger partial charge >= 0.3 is 0 Å². The van der Waals surface area contributed by atoms with Crippen molar-refractivity contribution < 1.29 is 9.53 Å². The molecule has 0 saturated carbocycles. The average molecular weight is 370 g/mol. The number of ether oxygens (including phenoxy) is 1. The summed E-state index contributed by atoms with van der Waals surface area (Å²) in [5, 5.41) is 3.24. The summed E-state index contributed by atoms with van der Waals surface area (Å²) in [6.45, 7) is 2.21. The second-order valence-corrected chi connectivity index (χ2v) is 5.78. The molecular weight excluding hydrogens is 356 g/mol. The number of aryl methyl sites for hydroxylation is 1. The third kappa shape index (κ3) is 4.72. The van der Waals surface area contributed by atoms with Crippen LogP contribution in [0.2, 0.25) is 5.02 Å². The number of halogens is 2. The average Bonchev–Trinajstić information content (AvgIpc) is 2.45. The van der Waals surface area contributed by atoms with Crippen LogP contribution in [0.1, 0.15) is 11.1 Å². The predicted molar refractivity (Wildman–Crippen MR) is 85.5 cm³/mol. The summed E-state index contributed by atoms with van der Waals surface area (Å²) in [6.07, 6.45) is 3.39. The molecule has 0 aliphatic heterocycles. The number of rotatable bonds is 5. The van der Waals surface area contributed by atoms with Gasteiger partial charge in [0.25, 0.3) is 5.91 Å². The van der Waals surface area contributed by atoms with Crippen LogP contribution in [0, 0.1) is 6.92 Å². The molecule has 21 heavy (non-hydrogen) atoms. The lowest BCUT2D eigenvalue weighted by atomic mass is 10.2. The largest absolute Gasteiger partial charge is 0.482 e. The third-order valence-corrected chi connectivity index (χ3v) is 3.49. The SMILES string of the molecule is Cc1cc(Br)cc(Cl)c1OCC(=O)NCc1cccnc1. The van der Waals surface area contributed by atoms with Crippen LogP contribution in [0.4, 0.5) is 0 Å². The highest BCUT2D eigenvalue weighted by molar-refractivity contribution is 9.10. The zero-order valence-electron chi connectivity index (χ0n) is 11.4. The number of aromatic nitrogens is 1. The molecule has 0 atom stereocenters. The normalized spacial score (nSPS) is 10.2. The minimum absolute atomic E-state index is 0.0809. The lowest BCUT2D eigenvalue weighted by molar-refractivity contribution is -0.123. The number of benzene rings is 1. The second kappa shape index (κ2) is 7.43. The Morgan fingerprint density at radius 2 is 2.29 bits per heavy atom. The Kier molecular flexibility index (Phi) is 5.59. The van der Waals surface area contributed by atoms with Gasteiger partial charge in [-0.25, -0.2) is 0 Å². The summed E-state index contributed by atoms with van der Waals surface area (Å²) in [5.74, 6) is 0.314. The lowest BCUT2D eigenvalue weighted by Gasteiger charge is -2.11. The molecule has 0 aliphatic rings. The van der Waals surface area contributed by atoms with E-state index < -0.39 is 0 Å². The summed E-state index contributed by atoms with van der Waals surface area (Å²) in [4.78, 5) is 15.8. The van der Waals surface area contributed by atoms with Crippen molar-refractivity contribution in [1.82, 2.24) is 10.3 Å². The van der Waals surface area contributed by atoms with E-state index in [-0.39, 0.29) is 12.5 Å². The zero-order valence-corrected chi connectivity index (χ0v) is 13.7. The van der Waals surface area contributed by atoms with Crippen LogP contribution < -0.4 is 10.1 Å². The van der Waals surface area contributed by atoms with Crippen molar-refractivity contribution in [2.24, 2.45) is 0 Å². The van der Waals surface area contributed by atoms with Crippen molar-refractivity contribution in [3.63, 3.8) is 0 Å². The maximum Gasteiger partial charge on any atom is 0.258 e. The van der Waals surface area contributed by atoms with E-state index in [9.17, 15) is 4.79 Å². The fourth-order valence-corrected chi connectivity index (χ4v) is 2.79. The van der Waals surface area contributed by atoms with Crippen LogP contribution >= 0.6 is 27.5 Å². The number of carbonyl (C=O) groups is 1. The molecule has 0 fully saturated rings. The summed E-state index contributed by atoms with van der Waals surface area (Å²) in [5.41, 5.74) is 1.80. The Labute approximate surface area is 136 Å². The molecule has 2 rings (SSSR count). The molecule has 0 saturated heterocycles. The first-order valence-electron chi connectivity index (χ1n) is 6.30. The van der Waals surface area contributed by atoms with Crippen LogP contribution in [0.25, 0.3) is 0 Å². The quantitative estimate of drug-likeness (QED) is 0.877. The smallest absolute Gasteiger partial charge is 0.258 e. The predicted octanol–water partition coefficient (Wildman–Crippen LogP) is 3.50. The molecule has 2 aromatic rings. The monoisotopic (exact) mass is 368 g/mol. The minimum atomic E-state index is -0.211. The van der Waals surface area contributed by atoms with Crippen molar-refractivity contribution >= 4 is 33.4 Å². The first-order valence-corrected chi connectivity index (χ1v) is 7.47. The highest BCUT2D eigenvalue weighted by Crippen LogP contribution is 2.31. The molecule has 0 bridgehead atoms. The summed E-state index contributed by atoms with van der Waals surface area (Å²) < 4.78 is 6.37. The van der Waals surface area contributed by atoms with Gasteiger partial charge in [0, 0.05) is 23.4 Å². The van der Waals surface area contributed by atoms with Crippen LogP contribution in [-0.4, -0.2) is 17.5 Å². The Hall–Kier alpha value is -1.59. The molecule has 1 aromatic carbocycles. The van der Waals surface area contributed by atoms with Gasteiger partial charge in [0.15, 0.2) is 6.61 Å². The molecule has 110 valence electrons. The fourth-order valence-electron chi connectivity index (χ4n) is 1.76. The van der Waals surface area contributed by atoms with Crippen molar-refractivity contribution in [2.45, 2.75) is 13.5 Å². The Morgan fingerprint density at radius 1 is 1.48 bits per heavy atom. The highest BCUT2D eigenvalue weighted by atomic mass is 79.9. The summed E-state index contributed by atoms with van der Waals surface area (Å²) in [6, 6.07) is 7.33. The molecule has 0 radical (unpaired) electrons. The molecule has 0 aliphatic carbocycles. The summed E-state index contributed by atoms with van der Waals surface area (Å²) >= 11 is 9.45. The number of nitrogens with one attached hydrogen (secondary N) is 1. The first-order chi connectivity index (χ1) is 10.1. The molecule has 0 spiro atoms. The van der Waals surface area contributed by atoms with Crippen LogP contribution in [0.5, 0.6) is 5.75 Å². The molecule has 1 aromatic heterocycles. The molecular formula is C15H14BrClN2O2. The van der Waals surface area contributed by atoms with Gasteiger partial charge in [-0.15, -0.1) is 0 Å². The van der Waals surface area contributed by atoms with Crippen molar-refractivity contribution in [3.05, 3.63) is 57.3 Å². The highest BCUT2D eigenvalue weighted by Gasteiger charge is 2.09. The van der Waals surface area contributed by atoms with Gasteiger partial charge in [0.05, 0.1) is 5.02 Å². The summed E-state index contributed by atoms with van der Waals surface area (Å²) in [7, 11) is 0. The van der Waals surface area contributed by atoms with E-state index in [2.05, 4.69) is 26.2 Å². The second-order valence-electron chi connectivity index (χ2n) is 4.46. The topological polar surface area (TPSA) is 51.2 Å². The molecule has 1 N–H and O–H groups in total. The van der Waals surface area contributed by atoms with Gasteiger partial charge in [0.2, 0.25) is 0 Å². The Balaban J connectivity index is 1.87. The Morgan fingerprint density at radius 3 is 2.95 bits per heavy atom. The molecule has 1 heterocycles. The van der Waals surface area contributed by atoms with E-state index in [0.29, 0.717) is 17.3 Å². The number of pyridine rings is 1. The van der Waals surface area contributed by atoms with E-state index >= 15 is 0 Å². The third-order valence-electron chi connectivity index (χ3n) is 2.75. The fraction of sp³-hybridized carbons (Fsp3) is 0.200. The lowest BCUT2D eigenvalue weighted by Crippen LogP contribution is -2.28. The maximum atomic E-state index is 11.8. The Bertz CT molecular complexity index is 612.